The Labute approximate surface area is 156 Å². The molecule has 1 aliphatic rings. The van der Waals surface area contributed by atoms with Gasteiger partial charge in [0.1, 0.15) is 0 Å². The number of hydrogen-bond acceptors (Lipinski definition) is 2. The Hall–Kier alpha value is -2.34. The molecule has 2 aromatic carbocycles. The van der Waals surface area contributed by atoms with Gasteiger partial charge in [-0.05, 0) is 54.6 Å². The van der Waals surface area contributed by atoms with Crippen molar-refractivity contribution in [2.45, 2.75) is 24.9 Å². The Morgan fingerprint density at radius 2 is 1.81 bits per heavy atom. The van der Waals surface area contributed by atoms with Crippen LogP contribution in [-0.4, -0.2) is 36.1 Å². The van der Waals surface area contributed by atoms with Crippen molar-refractivity contribution in [2.75, 3.05) is 20.1 Å². The van der Waals surface area contributed by atoms with Crippen LogP contribution in [-0.2, 0) is 17.4 Å². The summed E-state index contributed by atoms with van der Waals surface area (Å²) in [7, 11) is 1.76. The van der Waals surface area contributed by atoms with Gasteiger partial charge in [0, 0.05) is 12.5 Å². The molecule has 2 aromatic rings. The van der Waals surface area contributed by atoms with Crippen molar-refractivity contribution in [3.8, 4) is 0 Å². The number of nitrogens with zero attached hydrogens (tertiary/aromatic N) is 1. The molecule has 2 unspecified atom stereocenters. The third-order valence-electron chi connectivity index (χ3n) is 5.19. The molecule has 3 rings (SSSR count). The highest BCUT2D eigenvalue weighted by Gasteiger charge is 2.33. The standard InChI is InChI=1S/C21H22F3NO2/c1-25(13-19(26)27)12-16-7-6-14-4-2-3-5-18(14)20(16)15-8-10-17(11-9-15)21(22,23)24/h2-5,8-11,16,20H,6-7,12-13H2,1H3,(H,26,27). The lowest BCUT2D eigenvalue weighted by molar-refractivity contribution is -0.138. The molecule has 3 nitrogen and oxygen atoms in total. The molecule has 2 atom stereocenters. The van der Waals surface area contributed by atoms with E-state index in [9.17, 15) is 18.0 Å². The molecule has 27 heavy (non-hydrogen) atoms. The zero-order valence-corrected chi connectivity index (χ0v) is 15.0. The van der Waals surface area contributed by atoms with E-state index >= 15 is 0 Å². The second-order valence-corrected chi connectivity index (χ2v) is 7.19. The number of benzene rings is 2. The van der Waals surface area contributed by atoms with Gasteiger partial charge in [-0.15, -0.1) is 0 Å². The van der Waals surface area contributed by atoms with Crippen molar-refractivity contribution < 1.29 is 23.1 Å². The first-order valence-electron chi connectivity index (χ1n) is 8.91. The maximum absolute atomic E-state index is 12.9. The second-order valence-electron chi connectivity index (χ2n) is 7.19. The van der Waals surface area contributed by atoms with Crippen LogP contribution in [0.1, 0.15) is 34.6 Å². The monoisotopic (exact) mass is 377 g/mol. The number of carboxylic acids is 1. The minimum absolute atomic E-state index is 0.0477. The summed E-state index contributed by atoms with van der Waals surface area (Å²) in [6.45, 7) is 0.518. The molecule has 144 valence electrons. The molecule has 0 bridgehead atoms. The van der Waals surface area contributed by atoms with Gasteiger partial charge < -0.3 is 5.11 Å². The van der Waals surface area contributed by atoms with Gasteiger partial charge in [0.2, 0.25) is 0 Å². The van der Waals surface area contributed by atoms with Gasteiger partial charge >= 0.3 is 12.1 Å². The molecule has 0 saturated carbocycles. The Kier molecular flexibility index (Phi) is 5.56. The van der Waals surface area contributed by atoms with Crippen LogP contribution < -0.4 is 0 Å². The van der Waals surface area contributed by atoms with Crippen LogP contribution in [0.4, 0.5) is 13.2 Å². The lowest BCUT2D eigenvalue weighted by Crippen LogP contribution is -2.35. The number of halogens is 3. The van der Waals surface area contributed by atoms with Gasteiger partial charge in [0.25, 0.3) is 0 Å². The average Bonchev–Trinajstić information content (AvgIpc) is 2.60. The minimum atomic E-state index is -4.36. The largest absolute Gasteiger partial charge is 0.480 e. The van der Waals surface area contributed by atoms with Gasteiger partial charge in [-0.25, -0.2) is 0 Å². The van der Waals surface area contributed by atoms with Crippen LogP contribution in [0.3, 0.4) is 0 Å². The highest BCUT2D eigenvalue weighted by Crippen LogP contribution is 2.42. The number of aryl methyl sites for hydroxylation is 1. The van der Waals surface area contributed by atoms with Gasteiger partial charge in [-0.3, -0.25) is 9.69 Å². The normalized spacial score (nSPS) is 19.7. The number of fused-ring (bicyclic) bond motifs is 1. The molecule has 0 spiro atoms. The molecule has 1 aliphatic carbocycles. The van der Waals surface area contributed by atoms with Gasteiger partial charge in [-0.2, -0.15) is 13.2 Å². The van der Waals surface area contributed by atoms with E-state index in [1.54, 1.807) is 24.1 Å². The van der Waals surface area contributed by atoms with E-state index in [0.717, 1.165) is 36.1 Å². The van der Waals surface area contributed by atoms with Crippen LogP contribution in [0.5, 0.6) is 0 Å². The van der Waals surface area contributed by atoms with E-state index in [4.69, 9.17) is 5.11 Å². The fraction of sp³-hybridized carbons (Fsp3) is 0.381. The maximum atomic E-state index is 12.9. The summed E-state index contributed by atoms with van der Waals surface area (Å²) in [4.78, 5) is 12.7. The molecule has 0 heterocycles. The highest BCUT2D eigenvalue weighted by atomic mass is 19.4. The summed E-state index contributed by atoms with van der Waals surface area (Å²) in [5, 5.41) is 9.01. The fourth-order valence-corrected chi connectivity index (χ4v) is 4.05. The average molecular weight is 377 g/mol. The maximum Gasteiger partial charge on any atom is 0.416 e. The molecule has 0 fully saturated rings. The van der Waals surface area contributed by atoms with Crippen molar-refractivity contribution in [3.63, 3.8) is 0 Å². The van der Waals surface area contributed by atoms with E-state index in [0.29, 0.717) is 6.54 Å². The first kappa shape index (κ1) is 19.4. The summed E-state index contributed by atoms with van der Waals surface area (Å²) in [5.74, 6) is -0.797. The van der Waals surface area contributed by atoms with Gasteiger partial charge in [-0.1, -0.05) is 36.4 Å². The molecule has 0 amide bonds. The Morgan fingerprint density at radius 3 is 2.44 bits per heavy atom. The third-order valence-corrected chi connectivity index (χ3v) is 5.19. The predicted molar refractivity (Wildman–Crippen MR) is 96.7 cm³/mol. The molecule has 6 heteroatoms. The minimum Gasteiger partial charge on any atom is -0.480 e. The Bertz CT molecular complexity index is 802. The SMILES string of the molecule is CN(CC(=O)O)CC1CCc2ccccc2C1c1ccc(C(F)(F)F)cc1. The molecule has 0 aliphatic heterocycles. The van der Waals surface area contributed by atoms with Crippen molar-refractivity contribution in [1.29, 1.82) is 0 Å². The molecular formula is C21H22F3NO2. The van der Waals surface area contributed by atoms with Gasteiger partial charge in [0.05, 0.1) is 12.1 Å². The van der Waals surface area contributed by atoms with Crippen molar-refractivity contribution in [3.05, 3.63) is 70.8 Å². The topological polar surface area (TPSA) is 40.5 Å². The Morgan fingerprint density at radius 1 is 1.15 bits per heavy atom. The predicted octanol–water partition coefficient (Wildman–Crippen LogP) is 4.42. The Balaban J connectivity index is 1.94. The lowest BCUT2D eigenvalue weighted by Gasteiger charge is -2.36. The summed E-state index contributed by atoms with van der Waals surface area (Å²) in [6, 6.07) is 13.4. The van der Waals surface area contributed by atoms with Crippen molar-refractivity contribution in [1.82, 2.24) is 4.90 Å². The number of alkyl halides is 3. The number of aliphatic carboxylic acids is 1. The van der Waals surface area contributed by atoms with Crippen molar-refractivity contribution >= 4 is 5.97 Å². The van der Waals surface area contributed by atoms with Crippen LogP contribution in [0.2, 0.25) is 0 Å². The summed E-state index contributed by atoms with van der Waals surface area (Å²) in [6.07, 6.45) is -2.60. The lowest BCUT2D eigenvalue weighted by atomic mass is 9.71. The summed E-state index contributed by atoms with van der Waals surface area (Å²) >= 11 is 0. The zero-order valence-electron chi connectivity index (χ0n) is 15.0. The summed E-state index contributed by atoms with van der Waals surface area (Å²) in [5.41, 5.74) is 2.51. The van der Waals surface area contributed by atoms with Crippen LogP contribution in [0, 0.1) is 5.92 Å². The summed E-state index contributed by atoms with van der Waals surface area (Å²) < 4.78 is 38.7. The van der Waals surface area contributed by atoms with Gasteiger partial charge in [0.15, 0.2) is 0 Å². The second kappa shape index (κ2) is 7.72. The smallest absolute Gasteiger partial charge is 0.416 e. The van der Waals surface area contributed by atoms with E-state index in [1.165, 1.54) is 5.56 Å². The zero-order chi connectivity index (χ0) is 19.6. The number of hydrogen-bond donors (Lipinski definition) is 1. The molecular weight excluding hydrogens is 355 g/mol. The molecule has 0 saturated heterocycles. The van der Waals surface area contributed by atoms with E-state index < -0.39 is 17.7 Å². The first-order chi connectivity index (χ1) is 12.8. The number of carboxylic acid groups (broad SMARTS) is 1. The van der Waals surface area contributed by atoms with E-state index in [-0.39, 0.29) is 18.4 Å². The number of carbonyl (C=O) groups is 1. The van der Waals surface area contributed by atoms with E-state index in [1.807, 2.05) is 18.2 Å². The molecule has 0 radical (unpaired) electrons. The number of rotatable bonds is 5. The number of likely N-dealkylation sites (N-methyl/N-ethyl adjacent to an activating group) is 1. The molecule has 1 N–H and O–H groups in total. The van der Waals surface area contributed by atoms with E-state index in [2.05, 4.69) is 6.07 Å². The van der Waals surface area contributed by atoms with Crippen molar-refractivity contribution in [2.24, 2.45) is 5.92 Å². The van der Waals surface area contributed by atoms with Crippen LogP contribution in [0.25, 0.3) is 0 Å². The van der Waals surface area contributed by atoms with Crippen LogP contribution >= 0.6 is 0 Å². The third kappa shape index (κ3) is 4.50. The fourth-order valence-electron chi connectivity index (χ4n) is 4.05. The van der Waals surface area contributed by atoms with Crippen LogP contribution in [0.15, 0.2) is 48.5 Å². The highest BCUT2D eigenvalue weighted by molar-refractivity contribution is 5.69. The quantitative estimate of drug-likeness (QED) is 0.839. The molecule has 0 aromatic heterocycles. The first-order valence-corrected chi connectivity index (χ1v) is 8.91.